The lowest BCUT2D eigenvalue weighted by molar-refractivity contribution is -0.128. The minimum Gasteiger partial charge on any atom is -0.494 e. The van der Waals surface area contributed by atoms with Crippen molar-refractivity contribution in [2.75, 3.05) is 6.61 Å². The van der Waals surface area contributed by atoms with E-state index in [-0.39, 0.29) is 0 Å². The third-order valence-electron chi connectivity index (χ3n) is 3.74. The fourth-order valence-electron chi connectivity index (χ4n) is 2.53. The lowest BCUT2D eigenvalue weighted by Crippen LogP contribution is -2.04. The summed E-state index contributed by atoms with van der Waals surface area (Å²) in [6, 6.07) is 13.7. The molecule has 1 aromatic heterocycles. The van der Waals surface area contributed by atoms with Crippen LogP contribution in [0.15, 0.2) is 63.8 Å². The smallest absolute Gasteiger partial charge is 0.336 e. The molecule has 0 saturated heterocycles. The number of aryl methyl sites for hydroxylation is 1. The summed E-state index contributed by atoms with van der Waals surface area (Å²) in [7, 11) is 0. The number of esters is 1. The van der Waals surface area contributed by atoms with Crippen LogP contribution >= 0.6 is 0 Å². The van der Waals surface area contributed by atoms with Crippen molar-refractivity contribution in [1.29, 1.82) is 0 Å². The normalized spacial score (nSPS) is 11.0. The van der Waals surface area contributed by atoms with Gasteiger partial charge in [-0.15, -0.1) is 0 Å². The van der Waals surface area contributed by atoms with Gasteiger partial charge in [-0.2, -0.15) is 0 Å². The predicted octanol–water partition coefficient (Wildman–Crippen LogP) is 4.12. The molecular formula is C21H18O5. The summed E-state index contributed by atoms with van der Waals surface area (Å²) in [6.45, 7) is 4.35. The van der Waals surface area contributed by atoms with Gasteiger partial charge in [0.15, 0.2) is 0 Å². The van der Waals surface area contributed by atoms with E-state index in [0.717, 1.165) is 22.3 Å². The molecule has 26 heavy (non-hydrogen) atoms. The number of fused-ring (bicyclic) bond motifs is 1. The van der Waals surface area contributed by atoms with E-state index in [9.17, 15) is 9.59 Å². The van der Waals surface area contributed by atoms with E-state index in [0.29, 0.717) is 17.9 Å². The number of carbonyl (C=O) groups is 1. The zero-order valence-corrected chi connectivity index (χ0v) is 14.5. The van der Waals surface area contributed by atoms with E-state index >= 15 is 0 Å². The Hall–Kier alpha value is -3.34. The molecule has 0 N–H and O–H groups in total. The van der Waals surface area contributed by atoms with Gasteiger partial charge in [0.05, 0.1) is 6.61 Å². The average Bonchev–Trinajstić information content (AvgIpc) is 2.61. The molecule has 2 aromatic carbocycles. The van der Waals surface area contributed by atoms with Crippen LogP contribution in [0, 0.1) is 6.92 Å². The van der Waals surface area contributed by atoms with Crippen molar-refractivity contribution in [2.24, 2.45) is 0 Å². The van der Waals surface area contributed by atoms with Crippen LogP contribution < -0.4 is 15.1 Å². The largest absolute Gasteiger partial charge is 0.494 e. The highest BCUT2D eigenvalue weighted by atomic mass is 16.5. The highest BCUT2D eigenvalue weighted by Crippen LogP contribution is 2.22. The predicted molar refractivity (Wildman–Crippen MR) is 99.5 cm³/mol. The summed E-state index contributed by atoms with van der Waals surface area (Å²) in [4.78, 5) is 23.5. The Bertz CT molecular complexity index is 1010. The number of hydrogen-bond acceptors (Lipinski definition) is 5. The number of carbonyl (C=O) groups excluding carboxylic acids is 1. The van der Waals surface area contributed by atoms with Gasteiger partial charge in [-0.1, -0.05) is 12.1 Å². The summed E-state index contributed by atoms with van der Waals surface area (Å²) in [6.07, 6.45) is 3.00. The summed E-state index contributed by atoms with van der Waals surface area (Å²) in [5.74, 6) is 0.570. The Morgan fingerprint density at radius 2 is 1.81 bits per heavy atom. The first-order chi connectivity index (χ1) is 12.5. The van der Waals surface area contributed by atoms with E-state index in [1.54, 1.807) is 18.2 Å². The average molecular weight is 350 g/mol. The topological polar surface area (TPSA) is 65.7 Å². The minimum absolute atomic E-state index is 0.313. The molecule has 0 bridgehead atoms. The number of ether oxygens (including phenoxy) is 2. The maximum absolute atomic E-state index is 12.0. The molecule has 5 nitrogen and oxygen atoms in total. The molecule has 3 aromatic rings. The summed E-state index contributed by atoms with van der Waals surface area (Å²) >= 11 is 0. The Morgan fingerprint density at radius 1 is 1.08 bits per heavy atom. The molecule has 1 heterocycles. The van der Waals surface area contributed by atoms with Crippen molar-refractivity contribution >= 4 is 23.0 Å². The number of hydrogen-bond donors (Lipinski definition) is 0. The van der Waals surface area contributed by atoms with Gasteiger partial charge in [0.1, 0.15) is 17.1 Å². The van der Waals surface area contributed by atoms with Crippen molar-refractivity contribution in [2.45, 2.75) is 13.8 Å². The lowest BCUT2D eigenvalue weighted by Gasteiger charge is -2.04. The zero-order valence-electron chi connectivity index (χ0n) is 14.5. The van der Waals surface area contributed by atoms with Crippen molar-refractivity contribution in [1.82, 2.24) is 0 Å². The molecule has 0 atom stereocenters. The van der Waals surface area contributed by atoms with Gasteiger partial charge < -0.3 is 13.9 Å². The second-order valence-electron chi connectivity index (χ2n) is 5.66. The highest BCUT2D eigenvalue weighted by Gasteiger charge is 2.06. The van der Waals surface area contributed by atoms with E-state index in [2.05, 4.69) is 0 Å². The van der Waals surface area contributed by atoms with Crippen LogP contribution in [-0.4, -0.2) is 12.6 Å². The van der Waals surface area contributed by atoms with Gasteiger partial charge in [0, 0.05) is 23.6 Å². The molecule has 0 unspecified atom stereocenters. The zero-order chi connectivity index (χ0) is 18.5. The molecule has 0 amide bonds. The molecule has 0 saturated carbocycles. The fraction of sp³-hybridized carbons (Fsp3) is 0.143. The Labute approximate surface area is 150 Å². The van der Waals surface area contributed by atoms with Gasteiger partial charge in [-0.25, -0.2) is 9.59 Å². The van der Waals surface area contributed by atoms with Crippen LogP contribution in [0.3, 0.4) is 0 Å². The molecule has 132 valence electrons. The number of rotatable bonds is 5. The highest BCUT2D eigenvalue weighted by molar-refractivity contribution is 5.89. The molecule has 0 aliphatic carbocycles. The maximum Gasteiger partial charge on any atom is 0.336 e. The van der Waals surface area contributed by atoms with Gasteiger partial charge in [-0.05, 0) is 55.3 Å². The molecule has 5 heteroatoms. The maximum atomic E-state index is 12.0. The number of benzene rings is 2. The molecule has 0 fully saturated rings. The van der Waals surface area contributed by atoms with Crippen LogP contribution in [-0.2, 0) is 4.79 Å². The monoisotopic (exact) mass is 350 g/mol. The Morgan fingerprint density at radius 3 is 2.54 bits per heavy atom. The first-order valence-electron chi connectivity index (χ1n) is 8.22. The Balaban J connectivity index is 1.71. The third-order valence-corrected chi connectivity index (χ3v) is 3.74. The van der Waals surface area contributed by atoms with Gasteiger partial charge in [0.2, 0.25) is 0 Å². The standard InChI is InChI=1S/C21H18O5/c1-3-24-16-7-4-15(5-8-16)6-11-20(22)25-17-9-10-18-14(2)12-21(23)26-19(18)13-17/h4-13H,3H2,1-2H3. The third kappa shape index (κ3) is 4.19. The van der Waals surface area contributed by atoms with Gasteiger partial charge in [-0.3, -0.25) is 0 Å². The van der Waals surface area contributed by atoms with Crippen molar-refractivity contribution in [3.63, 3.8) is 0 Å². The van der Waals surface area contributed by atoms with Gasteiger partial charge >= 0.3 is 11.6 Å². The van der Waals surface area contributed by atoms with Crippen LogP contribution in [0.2, 0.25) is 0 Å². The summed E-state index contributed by atoms with van der Waals surface area (Å²) in [5, 5.41) is 0.800. The second kappa shape index (κ2) is 7.70. The van der Waals surface area contributed by atoms with Crippen molar-refractivity contribution < 1.29 is 18.7 Å². The fourth-order valence-corrected chi connectivity index (χ4v) is 2.53. The molecule has 0 aliphatic rings. The van der Waals surface area contributed by atoms with E-state index in [1.807, 2.05) is 38.1 Å². The lowest BCUT2D eigenvalue weighted by atomic mass is 10.1. The Kier molecular flexibility index (Phi) is 5.17. The summed E-state index contributed by atoms with van der Waals surface area (Å²) in [5.41, 5.74) is 1.61. The van der Waals surface area contributed by atoms with Crippen LogP contribution in [0.1, 0.15) is 18.1 Å². The van der Waals surface area contributed by atoms with Crippen LogP contribution in [0.4, 0.5) is 0 Å². The molecule has 0 radical (unpaired) electrons. The quantitative estimate of drug-likeness (QED) is 0.300. The summed E-state index contributed by atoms with van der Waals surface area (Å²) < 4.78 is 15.8. The van der Waals surface area contributed by atoms with Crippen LogP contribution in [0.5, 0.6) is 11.5 Å². The van der Waals surface area contributed by atoms with E-state index in [4.69, 9.17) is 13.9 Å². The van der Waals surface area contributed by atoms with Crippen molar-refractivity contribution in [3.05, 3.63) is 76.2 Å². The molecule has 3 rings (SSSR count). The molecular weight excluding hydrogens is 332 g/mol. The van der Waals surface area contributed by atoms with Crippen molar-refractivity contribution in [3.8, 4) is 11.5 Å². The van der Waals surface area contributed by atoms with Crippen LogP contribution in [0.25, 0.3) is 17.0 Å². The first kappa shape index (κ1) is 17.5. The van der Waals surface area contributed by atoms with E-state index < -0.39 is 11.6 Å². The molecule has 0 aliphatic heterocycles. The first-order valence-corrected chi connectivity index (χ1v) is 8.22. The second-order valence-corrected chi connectivity index (χ2v) is 5.66. The molecule has 0 spiro atoms. The van der Waals surface area contributed by atoms with E-state index in [1.165, 1.54) is 18.2 Å². The SMILES string of the molecule is CCOc1ccc(C=CC(=O)Oc2ccc3c(C)cc(=O)oc3c2)cc1. The van der Waals surface area contributed by atoms with Gasteiger partial charge in [0.25, 0.3) is 0 Å². The minimum atomic E-state index is -0.520.